The third kappa shape index (κ3) is 2.81. The number of carbonyl (C=O) groups excluding carboxylic acids is 1. The Hall–Kier alpha value is -1.75. The van der Waals surface area contributed by atoms with Crippen LogP contribution in [0.4, 0.5) is 5.69 Å². The number of aliphatic hydroxyl groups excluding tert-OH is 1. The van der Waals surface area contributed by atoms with E-state index in [4.69, 9.17) is 4.74 Å². The quantitative estimate of drug-likeness (QED) is 0.748. The number of nitrogens with one attached hydrogen (secondary N) is 2. The molecule has 0 bridgehead atoms. The zero-order valence-corrected chi connectivity index (χ0v) is 10.6. The van der Waals surface area contributed by atoms with Gasteiger partial charge in [0.05, 0.1) is 18.3 Å². The summed E-state index contributed by atoms with van der Waals surface area (Å²) in [7, 11) is 0. The average Bonchev–Trinajstić information content (AvgIpc) is 3.28. The van der Waals surface area contributed by atoms with E-state index < -0.39 is 12.2 Å². The number of carbonyl (C=O) groups is 1. The molecule has 1 saturated carbocycles. The van der Waals surface area contributed by atoms with Gasteiger partial charge in [-0.15, -0.1) is 0 Å². The van der Waals surface area contributed by atoms with E-state index in [2.05, 4.69) is 10.6 Å². The molecule has 1 aliphatic heterocycles. The van der Waals surface area contributed by atoms with Crippen LogP contribution in [0, 0.1) is 5.92 Å². The van der Waals surface area contributed by atoms with E-state index in [1.165, 1.54) is 0 Å². The number of hydrogen-bond donors (Lipinski definition) is 3. The molecule has 3 N–H and O–H groups in total. The number of benzene rings is 1. The summed E-state index contributed by atoms with van der Waals surface area (Å²) >= 11 is 0. The Balaban J connectivity index is 1.53. The highest BCUT2D eigenvalue weighted by Crippen LogP contribution is 2.32. The smallest absolute Gasteiger partial charge is 0.263 e. The van der Waals surface area contributed by atoms with Crippen molar-refractivity contribution in [3.05, 3.63) is 24.3 Å². The van der Waals surface area contributed by atoms with Crippen LogP contribution in [0.15, 0.2) is 24.3 Å². The second-order valence-electron chi connectivity index (χ2n) is 5.13. The maximum absolute atomic E-state index is 12.0. The van der Waals surface area contributed by atoms with Crippen LogP contribution in [0.5, 0.6) is 5.75 Å². The summed E-state index contributed by atoms with van der Waals surface area (Å²) in [4.78, 5) is 12.0. The zero-order valence-electron chi connectivity index (χ0n) is 10.6. The van der Waals surface area contributed by atoms with E-state index in [1.807, 2.05) is 24.3 Å². The highest BCUT2D eigenvalue weighted by Gasteiger charge is 2.31. The Morgan fingerprint density at radius 3 is 3.05 bits per heavy atom. The highest BCUT2D eigenvalue weighted by molar-refractivity contribution is 5.83. The van der Waals surface area contributed by atoms with Crippen molar-refractivity contribution in [1.82, 2.24) is 5.32 Å². The zero-order chi connectivity index (χ0) is 13.2. The second kappa shape index (κ2) is 5.09. The molecule has 1 aromatic carbocycles. The van der Waals surface area contributed by atoms with Crippen molar-refractivity contribution in [2.75, 3.05) is 18.4 Å². The minimum atomic E-state index is -0.540. The van der Waals surface area contributed by atoms with E-state index >= 15 is 0 Å². The third-order valence-corrected chi connectivity index (χ3v) is 3.58. The first kappa shape index (κ1) is 12.3. The Labute approximate surface area is 112 Å². The summed E-state index contributed by atoms with van der Waals surface area (Å²) in [5.74, 6) is 0.879. The van der Waals surface area contributed by atoms with E-state index in [0.717, 1.165) is 18.5 Å². The highest BCUT2D eigenvalue weighted by atomic mass is 16.5. The van der Waals surface area contributed by atoms with Crippen LogP contribution in [0.2, 0.25) is 0 Å². The Bertz CT molecular complexity index is 474. The van der Waals surface area contributed by atoms with Crippen molar-refractivity contribution in [3.63, 3.8) is 0 Å². The van der Waals surface area contributed by atoms with Gasteiger partial charge in [0.1, 0.15) is 5.75 Å². The van der Waals surface area contributed by atoms with Crippen molar-refractivity contribution in [2.45, 2.75) is 25.0 Å². The molecule has 0 spiro atoms. The molecule has 5 heteroatoms. The van der Waals surface area contributed by atoms with Gasteiger partial charge < -0.3 is 20.5 Å². The molecule has 2 aliphatic rings. The molecule has 1 fully saturated rings. The normalized spacial score (nSPS) is 22.7. The third-order valence-electron chi connectivity index (χ3n) is 3.58. The van der Waals surface area contributed by atoms with Gasteiger partial charge in [-0.2, -0.15) is 0 Å². The van der Waals surface area contributed by atoms with Gasteiger partial charge in [-0.25, -0.2) is 0 Å². The fourth-order valence-corrected chi connectivity index (χ4v) is 2.23. The molecule has 3 rings (SSSR count). The molecule has 0 radical (unpaired) electrons. The van der Waals surface area contributed by atoms with Gasteiger partial charge in [0.15, 0.2) is 6.10 Å². The minimum Gasteiger partial charge on any atom is -0.477 e. The molecular weight excluding hydrogens is 244 g/mol. The van der Waals surface area contributed by atoms with Crippen LogP contribution in [0.3, 0.4) is 0 Å². The number of anilines is 1. The van der Waals surface area contributed by atoms with Gasteiger partial charge in [0.25, 0.3) is 5.91 Å². The van der Waals surface area contributed by atoms with Crippen molar-refractivity contribution in [2.24, 2.45) is 5.92 Å². The molecule has 1 heterocycles. The van der Waals surface area contributed by atoms with E-state index in [1.54, 1.807) is 0 Å². The number of aliphatic hydroxyl groups is 1. The second-order valence-corrected chi connectivity index (χ2v) is 5.13. The molecule has 19 heavy (non-hydrogen) atoms. The largest absolute Gasteiger partial charge is 0.477 e. The number of rotatable bonds is 4. The summed E-state index contributed by atoms with van der Waals surface area (Å²) in [5, 5.41) is 15.6. The summed E-state index contributed by atoms with van der Waals surface area (Å²) in [6.45, 7) is 0.757. The molecule has 2 atom stereocenters. The number of para-hydroxylation sites is 2. The monoisotopic (exact) mass is 262 g/mol. The van der Waals surface area contributed by atoms with Crippen LogP contribution < -0.4 is 15.4 Å². The summed E-state index contributed by atoms with van der Waals surface area (Å²) in [5.41, 5.74) is 0.907. The van der Waals surface area contributed by atoms with Crippen molar-refractivity contribution < 1.29 is 14.6 Å². The lowest BCUT2D eigenvalue weighted by molar-refractivity contribution is -0.128. The Morgan fingerprint density at radius 2 is 2.26 bits per heavy atom. The molecule has 102 valence electrons. The molecule has 1 amide bonds. The summed E-state index contributed by atoms with van der Waals surface area (Å²) < 4.78 is 5.65. The first-order valence-corrected chi connectivity index (χ1v) is 6.69. The standard InChI is InChI=1S/C14H18N2O3/c17-11(9-5-6-9)7-16-14(18)13-8-15-10-3-1-2-4-12(10)19-13/h1-4,9,11,13,15,17H,5-8H2,(H,16,18). The lowest BCUT2D eigenvalue weighted by atomic mass is 10.2. The van der Waals surface area contributed by atoms with Crippen LogP contribution in [0.1, 0.15) is 12.8 Å². The maximum Gasteiger partial charge on any atom is 0.263 e. The van der Waals surface area contributed by atoms with Crippen LogP contribution in [-0.4, -0.2) is 36.3 Å². The summed E-state index contributed by atoms with van der Waals surface area (Å²) in [6, 6.07) is 7.54. The SMILES string of the molecule is O=C(NCC(O)C1CC1)C1CNc2ccccc2O1. The molecule has 1 aliphatic carbocycles. The first-order valence-electron chi connectivity index (χ1n) is 6.69. The lowest BCUT2D eigenvalue weighted by Crippen LogP contribution is -2.46. The van der Waals surface area contributed by atoms with Gasteiger partial charge in [0.2, 0.25) is 0 Å². The molecular formula is C14H18N2O3. The molecule has 0 aromatic heterocycles. The van der Waals surface area contributed by atoms with Crippen LogP contribution in [0.25, 0.3) is 0 Å². The van der Waals surface area contributed by atoms with Crippen molar-refractivity contribution >= 4 is 11.6 Å². The molecule has 0 saturated heterocycles. The van der Waals surface area contributed by atoms with E-state index in [-0.39, 0.29) is 5.91 Å². The number of hydrogen-bond acceptors (Lipinski definition) is 4. The Morgan fingerprint density at radius 1 is 1.47 bits per heavy atom. The topological polar surface area (TPSA) is 70.6 Å². The minimum absolute atomic E-state index is 0.179. The van der Waals surface area contributed by atoms with Gasteiger partial charge in [-0.05, 0) is 30.9 Å². The summed E-state index contributed by atoms with van der Waals surface area (Å²) in [6.07, 6.45) is 1.16. The lowest BCUT2D eigenvalue weighted by Gasteiger charge is -2.26. The molecule has 2 unspecified atom stereocenters. The van der Waals surface area contributed by atoms with Gasteiger partial charge >= 0.3 is 0 Å². The van der Waals surface area contributed by atoms with Gasteiger partial charge in [-0.3, -0.25) is 4.79 Å². The fraction of sp³-hybridized carbons (Fsp3) is 0.500. The molecule has 1 aromatic rings. The van der Waals surface area contributed by atoms with Crippen LogP contribution in [-0.2, 0) is 4.79 Å². The Kier molecular flexibility index (Phi) is 3.29. The number of amides is 1. The van der Waals surface area contributed by atoms with Crippen molar-refractivity contribution in [1.29, 1.82) is 0 Å². The van der Waals surface area contributed by atoms with E-state index in [0.29, 0.717) is 24.8 Å². The average molecular weight is 262 g/mol. The van der Waals surface area contributed by atoms with Crippen molar-refractivity contribution in [3.8, 4) is 5.75 Å². The van der Waals surface area contributed by atoms with Gasteiger partial charge in [-0.1, -0.05) is 12.1 Å². The predicted octanol–water partition coefficient (Wildman–Crippen LogP) is 0.747. The van der Waals surface area contributed by atoms with E-state index in [9.17, 15) is 9.90 Å². The number of fused-ring (bicyclic) bond motifs is 1. The maximum atomic E-state index is 12.0. The fourth-order valence-electron chi connectivity index (χ4n) is 2.23. The number of ether oxygens (including phenoxy) is 1. The van der Waals surface area contributed by atoms with Gasteiger partial charge in [0, 0.05) is 6.54 Å². The first-order chi connectivity index (χ1) is 9.24. The van der Waals surface area contributed by atoms with Crippen LogP contribution >= 0.6 is 0 Å². The predicted molar refractivity (Wildman–Crippen MR) is 71.1 cm³/mol. The molecule has 5 nitrogen and oxygen atoms in total.